The van der Waals surface area contributed by atoms with E-state index in [1.54, 1.807) is 18.3 Å². The molecule has 6 nitrogen and oxygen atoms in total. The molecule has 192 valence electrons. The molecule has 0 spiro atoms. The zero-order valence-electron chi connectivity index (χ0n) is 20.2. The van der Waals surface area contributed by atoms with Crippen molar-refractivity contribution >= 4 is 16.9 Å². The lowest BCUT2D eigenvalue weighted by Gasteiger charge is -2.30. The first-order valence-corrected chi connectivity index (χ1v) is 11.7. The summed E-state index contributed by atoms with van der Waals surface area (Å²) in [6.07, 6.45) is 6.85. The van der Waals surface area contributed by atoms with Crippen LogP contribution in [-0.2, 0) is 6.54 Å². The molecule has 0 aliphatic carbocycles. The molecule has 0 saturated heterocycles. The van der Waals surface area contributed by atoms with Crippen molar-refractivity contribution in [2.45, 2.75) is 25.2 Å². The lowest BCUT2D eigenvalue weighted by molar-refractivity contribution is -0.0194. The minimum atomic E-state index is -1.44. The van der Waals surface area contributed by atoms with E-state index in [0.717, 1.165) is 24.3 Å². The highest BCUT2D eigenvalue weighted by molar-refractivity contribution is 6.00. The molecule has 4 N–H and O–H groups in total. The zero-order chi connectivity index (χ0) is 27.7. The topological polar surface area (TPSA) is 95.2 Å². The molecule has 2 aromatic heterocycles. The molecule has 3 heterocycles. The number of halogens is 3. The Labute approximate surface area is 221 Å². The van der Waals surface area contributed by atoms with Crippen molar-refractivity contribution in [3.05, 3.63) is 99.6 Å². The highest BCUT2D eigenvalue weighted by Gasteiger charge is 2.37. The normalized spacial score (nSPS) is 15.0. The second-order valence-corrected chi connectivity index (χ2v) is 8.81. The summed E-state index contributed by atoms with van der Waals surface area (Å²) in [5, 5.41) is 11.6. The van der Waals surface area contributed by atoms with Gasteiger partial charge >= 0.3 is 0 Å². The van der Waals surface area contributed by atoms with Crippen molar-refractivity contribution in [2.75, 3.05) is 0 Å². The van der Waals surface area contributed by atoms with Crippen LogP contribution in [0.1, 0.15) is 56.9 Å². The predicted molar refractivity (Wildman–Crippen MR) is 138 cm³/mol. The third-order valence-electron chi connectivity index (χ3n) is 6.51. The number of fused-ring (bicyclic) bond motifs is 2. The molecule has 1 aliphatic heterocycles. The number of nitrogens with one attached hydrogen (secondary N) is 1. The van der Waals surface area contributed by atoms with Gasteiger partial charge in [0.2, 0.25) is 0 Å². The third-order valence-corrected chi connectivity index (χ3v) is 6.51. The number of primary amides is 1. The minimum Gasteiger partial charge on any atom is -0.374 e. The molecule has 2 atom stereocenters. The summed E-state index contributed by atoms with van der Waals surface area (Å²) in [5.41, 5.74) is 7.16. The summed E-state index contributed by atoms with van der Waals surface area (Å²) in [6.45, 7) is 0.0291. The highest BCUT2D eigenvalue weighted by Crippen LogP contribution is 2.42. The number of aliphatic hydroxyl groups excluding tert-OH is 1. The predicted octanol–water partition coefficient (Wildman–Crippen LogP) is 4.05. The van der Waals surface area contributed by atoms with Gasteiger partial charge < -0.3 is 15.8 Å². The Morgan fingerprint density at radius 3 is 2.79 bits per heavy atom. The number of benzene rings is 2. The number of carbonyl (C=O) groups is 1. The summed E-state index contributed by atoms with van der Waals surface area (Å²) in [6, 6.07) is 6.44. The number of nitrogens with two attached hydrogens (primary N) is 1. The Kier molecular flexibility index (Phi) is 6.83. The summed E-state index contributed by atoms with van der Waals surface area (Å²) >= 11 is 0. The highest BCUT2D eigenvalue weighted by atomic mass is 19.1. The van der Waals surface area contributed by atoms with E-state index in [9.17, 15) is 23.1 Å². The van der Waals surface area contributed by atoms with E-state index in [0.29, 0.717) is 27.7 Å². The molecular weight excluding hydrogens is 505 g/mol. The van der Waals surface area contributed by atoms with Crippen molar-refractivity contribution < 1.29 is 23.1 Å². The monoisotopic (exact) mass is 524 g/mol. The maximum atomic E-state index is 14.9. The van der Waals surface area contributed by atoms with Crippen LogP contribution in [0.2, 0.25) is 0 Å². The first kappa shape index (κ1) is 25.6. The van der Waals surface area contributed by atoms with Crippen LogP contribution in [-0.4, -0.2) is 25.9 Å². The summed E-state index contributed by atoms with van der Waals surface area (Å²) in [4.78, 5) is 20.3. The number of nitrogens with zero attached hydrogens (tertiary/aromatic N) is 2. The standard InChI is InChI=1S/C30H19F3N4O2/c1-2-17-12-18-16-37(30(39)27(18)25(33)13-17)26(22-14-19(31)8-9-24(22)32)7-5-3-4-6-20-21-10-11-35-29(21)36-15-23(20)28(34)38/h1,8-15,26,30,39H,7,16H2,(H2,34,38)(H,35,36). The van der Waals surface area contributed by atoms with Crippen molar-refractivity contribution in [1.82, 2.24) is 14.9 Å². The summed E-state index contributed by atoms with van der Waals surface area (Å²) < 4.78 is 43.7. The van der Waals surface area contributed by atoms with Crippen LogP contribution in [0, 0.1) is 53.5 Å². The Hall–Kier alpha value is -5.01. The molecule has 0 radical (unpaired) electrons. The number of rotatable bonds is 4. The van der Waals surface area contributed by atoms with Gasteiger partial charge in [0.1, 0.15) is 29.3 Å². The Morgan fingerprint density at radius 1 is 1.21 bits per heavy atom. The van der Waals surface area contributed by atoms with Crippen molar-refractivity contribution in [3.8, 4) is 36.0 Å². The van der Waals surface area contributed by atoms with E-state index in [4.69, 9.17) is 12.2 Å². The smallest absolute Gasteiger partial charge is 0.251 e. The van der Waals surface area contributed by atoms with E-state index in [1.807, 2.05) is 0 Å². The molecule has 39 heavy (non-hydrogen) atoms. The number of hydrogen-bond acceptors (Lipinski definition) is 4. The van der Waals surface area contributed by atoms with Crippen LogP contribution >= 0.6 is 0 Å². The summed E-state index contributed by atoms with van der Waals surface area (Å²) in [5.74, 6) is 10.6. The molecule has 1 amide bonds. The van der Waals surface area contributed by atoms with Gasteiger partial charge in [0, 0.05) is 47.4 Å². The molecule has 1 aliphatic rings. The number of aromatic nitrogens is 2. The van der Waals surface area contributed by atoms with Gasteiger partial charge in [-0.25, -0.2) is 18.2 Å². The maximum absolute atomic E-state index is 14.9. The van der Waals surface area contributed by atoms with Gasteiger partial charge in [0.15, 0.2) is 0 Å². The second-order valence-electron chi connectivity index (χ2n) is 8.81. The largest absolute Gasteiger partial charge is 0.374 e. The van der Waals surface area contributed by atoms with E-state index >= 15 is 0 Å². The van der Waals surface area contributed by atoms with E-state index in [1.165, 1.54) is 11.1 Å². The van der Waals surface area contributed by atoms with Crippen molar-refractivity contribution in [1.29, 1.82) is 0 Å². The number of pyridine rings is 1. The fourth-order valence-corrected chi connectivity index (χ4v) is 4.70. The van der Waals surface area contributed by atoms with Crippen LogP contribution in [0.15, 0.2) is 48.8 Å². The molecule has 5 rings (SSSR count). The SMILES string of the molecule is C#Cc1cc(F)c2c(c1)CN(C(CC#CC#Cc1c(C(N)=O)cnc3[nH]ccc13)c1cc(F)ccc1F)C2O. The molecule has 9 heteroatoms. The van der Waals surface area contributed by atoms with Crippen LogP contribution in [0.4, 0.5) is 13.2 Å². The molecule has 0 saturated carbocycles. The Bertz CT molecular complexity index is 1800. The maximum Gasteiger partial charge on any atom is 0.251 e. The fraction of sp³-hybridized carbons (Fsp3) is 0.133. The summed E-state index contributed by atoms with van der Waals surface area (Å²) in [7, 11) is 0. The lowest BCUT2D eigenvalue weighted by Crippen LogP contribution is -2.28. The number of aliphatic hydroxyl groups is 1. The third kappa shape index (κ3) is 4.83. The van der Waals surface area contributed by atoms with Crippen LogP contribution in [0.3, 0.4) is 0 Å². The molecule has 2 aromatic carbocycles. The number of terminal acetylenes is 1. The average Bonchev–Trinajstić information content (AvgIpc) is 3.52. The molecule has 0 fully saturated rings. The van der Waals surface area contributed by atoms with Gasteiger partial charge in [-0.15, -0.1) is 6.42 Å². The van der Waals surface area contributed by atoms with Crippen molar-refractivity contribution in [2.24, 2.45) is 5.73 Å². The minimum absolute atomic E-state index is 0.0238. The molecule has 4 aromatic rings. The zero-order valence-corrected chi connectivity index (χ0v) is 20.2. The number of hydrogen-bond donors (Lipinski definition) is 3. The lowest BCUT2D eigenvalue weighted by atomic mass is 10.0. The number of carbonyl (C=O) groups excluding carboxylic acids is 1. The van der Waals surface area contributed by atoms with E-state index < -0.39 is 35.6 Å². The Balaban J connectivity index is 1.49. The van der Waals surface area contributed by atoms with Crippen LogP contribution in [0.5, 0.6) is 0 Å². The van der Waals surface area contributed by atoms with E-state index in [-0.39, 0.29) is 29.7 Å². The van der Waals surface area contributed by atoms with Crippen molar-refractivity contribution in [3.63, 3.8) is 0 Å². The van der Waals surface area contributed by atoms with Crippen LogP contribution < -0.4 is 5.73 Å². The molecule has 2 unspecified atom stereocenters. The van der Waals surface area contributed by atoms with Gasteiger partial charge in [0.05, 0.1) is 17.2 Å². The number of amides is 1. The van der Waals surface area contributed by atoms with Gasteiger partial charge in [-0.2, -0.15) is 0 Å². The van der Waals surface area contributed by atoms with E-state index in [2.05, 4.69) is 39.6 Å². The first-order valence-electron chi connectivity index (χ1n) is 11.7. The van der Waals surface area contributed by atoms with Gasteiger partial charge in [-0.1, -0.05) is 17.8 Å². The number of H-pyrrole nitrogens is 1. The average molecular weight is 525 g/mol. The van der Waals surface area contributed by atoms with Gasteiger partial charge in [-0.3, -0.25) is 9.69 Å². The molecular formula is C30H19F3N4O2. The Morgan fingerprint density at radius 2 is 2.03 bits per heavy atom. The second kappa shape index (κ2) is 10.4. The fourth-order valence-electron chi connectivity index (χ4n) is 4.70. The van der Waals surface area contributed by atoms with Crippen LogP contribution in [0.25, 0.3) is 11.0 Å². The van der Waals surface area contributed by atoms with Gasteiger partial charge in [0.25, 0.3) is 5.91 Å². The van der Waals surface area contributed by atoms with Gasteiger partial charge in [-0.05, 0) is 53.8 Å². The molecule has 0 bridgehead atoms. The number of aromatic amines is 1. The quantitative estimate of drug-likeness (QED) is 0.351. The first-order chi connectivity index (χ1) is 18.8.